The maximum absolute atomic E-state index is 12.2. The summed E-state index contributed by atoms with van der Waals surface area (Å²) in [7, 11) is 0. The van der Waals surface area contributed by atoms with Gasteiger partial charge in [0.2, 0.25) is 0 Å². The topological polar surface area (TPSA) is 41.6 Å². The Labute approximate surface area is 141 Å². The third-order valence-electron chi connectivity index (χ3n) is 4.06. The van der Waals surface area contributed by atoms with Crippen LogP contribution in [0.3, 0.4) is 0 Å². The summed E-state index contributed by atoms with van der Waals surface area (Å²) in [6, 6.07) is 12.3. The molecule has 5 heteroatoms. The molecule has 1 unspecified atom stereocenters. The average Bonchev–Trinajstić information content (AvgIpc) is 3.25. The maximum Gasteiger partial charge on any atom is 0.317 e. The van der Waals surface area contributed by atoms with E-state index in [0.29, 0.717) is 25.7 Å². The molecule has 1 aromatic heterocycles. The first kappa shape index (κ1) is 16.0. The largest absolute Gasteiger partial charge is 0.376 e. The molecule has 2 aromatic rings. The van der Waals surface area contributed by atoms with Gasteiger partial charge in [0.1, 0.15) is 0 Å². The van der Waals surface area contributed by atoms with E-state index in [9.17, 15) is 4.79 Å². The van der Waals surface area contributed by atoms with Crippen LogP contribution in [0.1, 0.15) is 17.5 Å². The van der Waals surface area contributed by atoms with E-state index < -0.39 is 0 Å². The molecular weight excluding hydrogens is 308 g/mol. The Morgan fingerprint density at radius 2 is 2.13 bits per heavy atom. The molecule has 23 heavy (non-hydrogen) atoms. The highest BCUT2D eigenvalue weighted by molar-refractivity contribution is 7.07. The molecule has 1 saturated heterocycles. The van der Waals surface area contributed by atoms with Gasteiger partial charge in [-0.2, -0.15) is 11.3 Å². The van der Waals surface area contributed by atoms with Gasteiger partial charge in [-0.15, -0.1) is 0 Å². The van der Waals surface area contributed by atoms with Crippen LogP contribution in [-0.2, 0) is 17.9 Å². The van der Waals surface area contributed by atoms with Gasteiger partial charge < -0.3 is 15.0 Å². The standard InChI is InChI=1S/C18H22N2O2S/c21-18(19-10-16-7-9-23-14-16)20-8-6-17(11-20)13-22-12-15-4-2-1-3-5-15/h1-5,7,9,14,17H,6,8,10-13H2,(H,19,21). The molecule has 1 N–H and O–H groups in total. The number of nitrogens with one attached hydrogen (secondary N) is 1. The minimum absolute atomic E-state index is 0.0294. The summed E-state index contributed by atoms with van der Waals surface area (Å²) in [5.41, 5.74) is 2.35. The smallest absolute Gasteiger partial charge is 0.317 e. The predicted octanol–water partition coefficient (Wildman–Crippen LogP) is 3.50. The van der Waals surface area contributed by atoms with E-state index in [-0.39, 0.29) is 6.03 Å². The molecule has 0 spiro atoms. The first-order chi connectivity index (χ1) is 11.3. The van der Waals surface area contributed by atoms with Gasteiger partial charge in [0, 0.05) is 25.6 Å². The highest BCUT2D eigenvalue weighted by Gasteiger charge is 2.26. The van der Waals surface area contributed by atoms with E-state index >= 15 is 0 Å². The molecule has 1 aliphatic heterocycles. The minimum atomic E-state index is 0.0294. The molecule has 0 bridgehead atoms. The summed E-state index contributed by atoms with van der Waals surface area (Å²) < 4.78 is 5.79. The second-order valence-electron chi connectivity index (χ2n) is 5.89. The number of ether oxygens (including phenoxy) is 1. The average molecular weight is 330 g/mol. The number of thiophene rings is 1. The van der Waals surface area contributed by atoms with E-state index in [1.54, 1.807) is 11.3 Å². The molecule has 0 radical (unpaired) electrons. The minimum Gasteiger partial charge on any atom is -0.376 e. The number of carbonyl (C=O) groups excluding carboxylic acids is 1. The van der Waals surface area contributed by atoms with Crippen LogP contribution in [0, 0.1) is 5.92 Å². The van der Waals surface area contributed by atoms with Crippen molar-refractivity contribution in [1.29, 1.82) is 0 Å². The highest BCUT2D eigenvalue weighted by atomic mass is 32.1. The number of amides is 2. The van der Waals surface area contributed by atoms with Crippen LogP contribution in [-0.4, -0.2) is 30.6 Å². The number of urea groups is 1. The summed E-state index contributed by atoms with van der Waals surface area (Å²) >= 11 is 1.65. The Morgan fingerprint density at radius 3 is 2.91 bits per heavy atom. The van der Waals surface area contributed by atoms with Crippen molar-refractivity contribution in [3.63, 3.8) is 0 Å². The normalized spacial score (nSPS) is 17.4. The quantitative estimate of drug-likeness (QED) is 0.881. The molecule has 0 saturated carbocycles. The lowest BCUT2D eigenvalue weighted by Gasteiger charge is -2.17. The Kier molecular flexibility index (Phi) is 5.66. The number of benzene rings is 1. The van der Waals surface area contributed by atoms with E-state index in [4.69, 9.17) is 4.74 Å². The van der Waals surface area contributed by atoms with Crippen LogP contribution in [0.25, 0.3) is 0 Å². The molecule has 1 aliphatic rings. The van der Waals surface area contributed by atoms with Gasteiger partial charge in [-0.1, -0.05) is 30.3 Å². The van der Waals surface area contributed by atoms with Crippen molar-refractivity contribution in [2.75, 3.05) is 19.7 Å². The maximum atomic E-state index is 12.2. The second kappa shape index (κ2) is 8.13. The molecule has 1 aromatic carbocycles. The Bertz CT molecular complexity index is 601. The lowest BCUT2D eigenvalue weighted by atomic mass is 10.1. The molecule has 1 atom stereocenters. The Balaban J connectivity index is 1.35. The molecule has 3 rings (SSSR count). The van der Waals surface area contributed by atoms with Crippen molar-refractivity contribution in [3.05, 3.63) is 58.3 Å². The number of likely N-dealkylation sites (tertiary alicyclic amines) is 1. The van der Waals surface area contributed by atoms with Crippen LogP contribution in [0.15, 0.2) is 47.2 Å². The zero-order valence-corrected chi connectivity index (χ0v) is 13.9. The number of hydrogen-bond donors (Lipinski definition) is 1. The number of hydrogen-bond acceptors (Lipinski definition) is 3. The summed E-state index contributed by atoms with van der Waals surface area (Å²) in [5, 5.41) is 7.07. The molecule has 122 valence electrons. The fourth-order valence-electron chi connectivity index (χ4n) is 2.75. The van der Waals surface area contributed by atoms with Crippen molar-refractivity contribution in [1.82, 2.24) is 10.2 Å². The van der Waals surface area contributed by atoms with Crippen molar-refractivity contribution >= 4 is 17.4 Å². The van der Waals surface area contributed by atoms with Crippen molar-refractivity contribution in [2.45, 2.75) is 19.6 Å². The van der Waals surface area contributed by atoms with Crippen molar-refractivity contribution in [3.8, 4) is 0 Å². The first-order valence-electron chi connectivity index (χ1n) is 7.97. The molecule has 1 fully saturated rings. The summed E-state index contributed by atoms with van der Waals surface area (Å²) in [4.78, 5) is 14.1. The van der Waals surface area contributed by atoms with Gasteiger partial charge in [-0.05, 0) is 34.4 Å². The summed E-state index contributed by atoms with van der Waals surface area (Å²) in [5.74, 6) is 0.436. The zero-order valence-electron chi connectivity index (χ0n) is 13.1. The Hall–Kier alpha value is -1.85. The number of carbonyl (C=O) groups is 1. The molecular formula is C18H22N2O2S. The van der Waals surface area contributed by atoms with Crippen LogP contribution in [0.4, 0.5) is 4.79 Å². The summed E-state index contributed by atoms with van der Waals surface area (Å²) in [6.45, 7) is 3.55. The van der Waals surface area contributed by atoms with Gasteiger partial charge in [0.15, 0.2) is 0 Å². The SMILES string of the molecule is O=C(NCc1ccsc1)N1CCC(COCc2ccccc2)C1. The van der Waals surface area contributed by atoms with E-state index in [1.807, 2.05) is 34.5 Å². The van der Waals surface area contributed by atoms with Crippen LogP contribution < -0.4 is 5.32 Å². The van der Waals surface area contributed by atoms with Crippen LogP contribution in [0.5, 0.6) is 0 Å². The predicted molar refractivity (Wildman–Crippen MR) is 92.3 cm³/mol. The van der Waals surface area contributed by atoms with Gasteiger partial charge >= 0.3 is 6.03 Å². The lowest BCUT2D eigenvalue weighted by Crippen LogP contribution is -2.38. The van der Waals surface area contributed by atoms with E-state index in [2.05, 4.69) is 22.8 Å². The molecule has 2 amide bonds. The van der Waals surface area contributed by atoms with Gasteiger partial charge in [0.05, 0.1) is 13.2 Å². The van der Waals surface area contributed by atoms with Crippen molar-refractivity contribution in [2.24, 2.45) is 5.92 Å². The first-order valence-corrected chi connectivity index (χ1v) is 8.91. The summed E-state index contributed by atoms with van der Waals surface area (Å²) in [6.07, 6.45) is 1.01. The van der Waals surface area contributed by atoms with Crippen molar-refractivity contribution < 1.29 is 9.53 Å². The van der Waals surface area contributed by atoms with Gasteiger partial charge in [-0.25, -0.2) is 4.79 Å². The molecule has 2 heterocycles. The van der Waals surface area contributed by atoms with Gasteiger partial charge in [-0.3, -0.25) is 0 Å². The zero-order chi connectivity index (χ0) is 15.9. The number of nitrogens with zero attached hydrogens (tertiary/aromatic N) is 1. The lowest BCUT2D eigenvalue weighted by molar-refractivity contribution is 0.0897. The van der Waals surface area contributed by atoms with E-state index in [1.165, 1.54) is 5.56 Å². The third kappa shape index (κ3) is 4.81. The fraction of sp³-hybridized carbons (Fsp3) is 0.389. The highest BCUT2D eigenvalue weighted by Crippen LogP contribution is 2.17. The van der Waals surface area contributed by atoms with E-state index in [0.717, 1.165) is 25.1 Å². The molecule has 4 nitrogen and oxygen atoms in total. The fourth-order valence-corrected chi connectivity index (χ4v) is 3.42. The van der Waals surface area contributed by atoms with Gasteiger partial charge in [0.25, 0.3) is 0 Å². The monoisotopic (exact) mass is 330 g/mol. The second-order valence-corrected chi connectivity index (χ2v) is 6.67. The van der Waals surface area contributed by atoms with Crippen LogP contribution in [0.2, 0.25) is 0 Å². The third-order valence-corrected chi connectivity index (χ3v) is 4.79. The van der Waals surface area contributed by atoms with Crippen LogP contribution >= 0.6 is 11.3 Å². The molecule has 0 aliphatic carbocycles. The number of rotatable bonds is 6. The Morgan fingerprint density at radius 1 is 1.26 bits per heavy atom.